The van der Waals surface area contributed by atoms with E-state index in [9.17, 15) is 31.1 Å². The number of pyridine rings is 1. The summed E-state index contributed by atoms with van der Waals surface area (Å²) >= 11 is 0. The number of aromatic nitrogens is 3. The molecule has 28 heavy (non-hydrogen) atoms. The lowest BCUT2D eigenvalue weighted by Crippen LogP contribution is -2.17. The van der Waals surface area contributed by atoms with Gasteiger partial charge < -0.3 is 5.32 Å². The lowest BCUT2D eigenvalue weighted by Gasteiger charge is -2.08. The van der Waals surface area contributed by atoms with Crippen molar-refractivity contribution in [3.8, 4) is 11.3 Å². The highest BCUT2D eigenvalue weighted by atomic mass is 19.4. The third kappa shape index (κ3) is 3.68. The van der Waals surface area contributed by atoms with Crippen molar-refractivity contribution in [3.05, 3.63) is 65.2 Å². The topological polar surface area (TPSA) is 59.8 Å². The minimum absolute atomic E-state index is 0.0435. The Kier molecular flexibility index (Phi) is 4.84. The molecule has 0 aliphatic heterocycles. The van der Waals surface area contributed by atoms with Crippen LogP contribution in [0, 0.1) is 17.5 Å². The number of nitrogens with zero attached hydrogens (tertiary/aromatic N) is 3. The monoisotopic (exact) mass is 400 g/mol. The number of hydrogen-bond acceptors (Lipinski definition) is 3. The number of halogens is 6. The van der Waals surface area contributed by atoms with E-state index in [1.165, 1.54) is 7.05 Å². The fourth-order valence-electron chi connectivity index (χ4n) is 2.43. The lowest BCUT2D eigenvalue weighted by molar-refractivity contribution is -0.141. The largest absolute Gasteiger partial charge is 0.435 e. The molecule has 0 saturated heterocycles. The van der Waals surface area contributed by atoms with Crippen molar-refractivity contribution in [3.63, 3.8) is 0 Å². The van der Waals surface area contributed by atoms with Gasteiger partial charge in [0.2, 0.25) is 0 Å². The molecule has 0 radical (unpaired) electrons. The molecule has 0 spiro atoms. The summed E-state index contributed by atoms with van der Waals surface area (Å²) in [6.45, 7) is 0. The van der Waals surface area contributed by atoms with Gasteiger partial charge in [-0.2, -0.15) is 18.3 Å². The summed E-state index contributed by atoms with van der Waals surface area (Å²) < 4.78 is 80.6. The first-order valence-corrected chi connectivity index (χ1v) is 7.60. The van der Waals surface area contributed by atoms with E-state index in [1.807, 2.05) is 5.32 Å². The van der Waals surface area contributed by atoms with Gasteiger partial charge in [0.25, 0.3) is 5.91 Å². The molecule has 1 N–H and O–H groups in total. The van der Waals surface area contributed by atoms with E-state index in [-0.39, 0.29) is 11.3 Å². The van der Waals surface area contributed by atoms with Crippen LogP contribution >= 0.6 is 0 Å². The van der Waals surface area contributed by atoms with Crippen LogP contribution in [0.25, 0.3) is 11.3 Å². The molecule has 0 aliphatic rings. The van der Waals surface area contributed by atoms with Gasteiger partial charge in [0.15, 0.2) is 17.3 Å². The second kappa shape index (κ2) is 6.98. The van der Waals surface area contributed by atoms with Crippen molar-refractivity contribution in [2.75, 3.05) is 5.32 Å². The van der Waals surface area contributed by atoms with Crippen LogP contribution < -0.4 is 5.32 Å². The molecule has 0 atom stereocenters. The summed E-state index contributed by atoms with van der Waals surface area (Å²) in [7, 11) is 1.24. The van der Waals surface area contributed by atoms with Crippen molar-refractivity contribution in [2.45, 2.75) is 6.18 Å². The van der Waals surface area contributed by atoms with Gasteiger partial charge in [-0.15, -0.1) is 0 Å². The molecule has 0 bridgehead atoms. The predicted molar refractivity (Wildman–Crippen MR) is 85.7 cm³/mol. The zero-order chi connectivity index (χ0) is 20.6. The van der Waals surface area contributed by atoms with Gasteiger partial charge in [0.05, 0.1) is 5.69 Å². The average Bonchev–Trinajstić information content (AvgIpc) is 2.99. The van der Waals surface area contributed by atoms with E-state index >= 15 is 0 Å². The van der Waals surface area contributed by atoms with Gasteiger partial charge in [0, 0.05) is 18.8 Å². The van der Waals surface area contributed by atoms with E-state index in [2.05, 4.69) is 10.1 Å². The number of hydrogen-bond donors (Lipinski definition) is 1. The third-order valence-electron chi connectivity index (χ3n) is 3.73. The fraction of sp³-hybridized carbons (Fsp3) is 0.118. The van der Waals surface area contributed by atoms with Gasteiger partial charge in [-0.3, -0.25) is 9.48 Å². The van der Waals surface area contributed by atoms with Crippen LogP contribution in [-0.2, 0) is 13.2 Å². The number of rotatable bonds is 3. The van der Waals surface area contributed by atoms with Crippen LogP contribution in [0.4, 0.5) is 32.2 Å². The van der Waals surface area contributed by atoms with Crippen LogP contribution in [0.3, 0.4) is 0 Å². The van der Waals surface area contributed by atoms with Gasteiger partial charge in [0.1, 0.15) is 17.2 Å². The summed E-state index contributed by atoms with van der Waals surface area (Å²) in [5.74, 6) is -5.32. The highest BCUT2D eigenvalue weighted by Gasteiger charge is 2.34. The van der Waals surface area contributed by atoms with Crippen molar-refractivity contribution < 1.29 is 31.1 Å². The first-order valence-electron chi connectivity index (χ1n) is 7.60. The standard InChI is InChI=1S/C17H10F6N4O/c1-27-12(6-13(26-27)17(21,22)23)8-5-11(20)15(24-7-8)25-16(28)14-9(18)3-2-4-10(14)19/h2-7H,1H3,(H,24,25,28). The summed E-state index contributed by atoms with van der Waals surface area (Å²) in [4.78, 5) is 15.6. The maximum atomic E-state index is 14.3. The highest BCUT2D eigenvalue weighted by Crippen LogP contribution is 2.31. The smallest absolute Gasteiger partial charge is 0.304 e. The molecule has 2 aromatic heterocycles. The fourth-order valence-corrected chi connectivity index (χ4v) is 2.43. The van der Waals surface area contributed by atoms with Crippen LogP contribution in [-0.4, -0.2) is 20.7 Å². The SMILES string of the molecule is Cn1nc(C(F)(F)F)cc1-c1cnc(NC(=O)c2c(F)cccc2F)c(F)c1. The molecule has 0 saturated carbocycles. The maximum absolute atomic E-state index is 14.3. The van der Waals surface area contributed by atoms with Gasteiger partial charge in [-0.05, 0) is 24.3 Å². The predicted octanol–water partition coefficient (Wildman–Crippen LogP) is 4.17. The first-order chi connectivity index (χ1) is 13.1. The number of carbonyl (C=O) groups is 1. The number of aryl methyl sites for hydroxylation is 1. The van der Waals surface area contributed by atoms with Crippen LogP contribution in [0.1, 0.15) is 16.1 Å². The molecule has 0 fully saturated rings. The van der Waals surface area contributed by atoms with Crippen molar-refractivity contribution in [1.29, 1.82) is 0 Å². The summed E-state index contributed by atoms with van der Waals surface area (Å²) in [6, 6.07) is 4.29. The molecule has 5 nitrogen and oxygen atoms in total. The van der Waals surface area contributed by atoms with Crippen LogP contribution in [0.5, 0.6) is 0 Å². The number of alkyl halides is 3. The van der Waals surface area contributed by atoms with Crippen molar-refractivity contribution in [2.24, 2.45) is 7.05 Å². The number of nitrogens with one attached hydrogen (secondary N) is 1. The number of amides is 1. The zero-order valence-corrected chi connectivity index (χ0v) is 14.0. The molecular formula is C17H10F6N4O. The molecule has 3 aromatic rings. The number of anilines is 1. The zero-order valence-electron chi connectivity index (χ0n) is 14.0. The molecule has 3 rings (SSSR count). The highest BCUT2D eigenvalue weighted by molar-refractivity contribution is 6.04. The van der Waals surface area contributed by atoms with E-state index in [1.54, 1.807) is 0 Å². The molecule has 11 heteroatoms. The molecular weight excluding hydrogens is 390 g/mol. The quantitative estimate of drug-likeness (QED) is 0.672. The summed E-state index contributed by atoms with van der Waals surface area (Å²) in [5.41, 5.74) is -2.21. The second-order valence-electron chi connectivity index (χ2n) is 5.64. The Labute approximate surface area is 153 Å². The van der Waals surface area contributed by atoms with Gasteiger partial charge in [-0.25, -0.2) is 18.2 Å². The van der Waals surface area contributed by atoms with Gasteiger partial charge >= 0.3 is 6.18 Å². The Balaban J connectivity index is 1.90. The Bertz CT molecular complexity index is 1040. The average molecular weight is 400 g/mol. The second-order valence-corrected chi connectivity index (χ2v) is 5.64. The third-order valence-corrected chi connectivity index (χ3v) is 3.73. The summed E-state index contributed by atoms with van der Waals surface area (Å²) in [5, 5.41) is 5.23. The minimum atomic E-state index is -4.68. The van der Waals surface area contributed by atoms with E-state index in [4.69, 9.17) is 0 Å². The lowest BCUT2D eigenvalue weighted by atomic mass is 10.1. The van der Waals surface area contributed by atoms with Crippen molar-refractivity contribution >= 4 is 11.7 Å². The molecule has 0 aliphatic carbocycles. The number of benzene rings is 1. The molecule has 1 amide bonds. The van der Waals surface area contributed by atoms with Crippen LogP contribution in [0.15, 0.2) is 36.5 Å². The Morgan fingerprint density at radius 2 is 1.71 bits per heavy atom. The molecule has 146 valence electrons. The normalized spacial score (nSPS) is 11.5. The Morgan fingerprint density at radius 3 is 2.25 bits per heavy atom. The first kappa shape index (κ1) is 19.4. The minimum Gasteiger partial charge on any atom is -0.304 e. The molecule has 2 heterocycles. The van der Waals surface area contributed by atoms with E-state index < -0.39 is 46.6 Å². The molecule has 1 aromatic carbocycles. The Morgan fingerprint density at radius 1 is 1.07 bits per heavy atom. The number of carbonyl (C=O) groups excluding carboxylic acids is 1. The molecule has 0 unspecified atom stereocenters. The van der Waals surface area contributed by atoms with E-state index in [0.717, 1.165) is 35.1 Å². The van der Waals surface area contributed by atoms with Gasteiger partial charge in [-0.1, -0.05) is 6.07 Å². The van der Waals surface area contributed by atoms with Crippen LogP contribution in [0.2, 0.25) is 0 Å². The summed E-state index contributed by atoms with van der Waals surface area (Å²) in [6.07, 6.45) is -3.69. The van der Waals surface area contributed by atoms with E-state index in [0.29, 0.717) is 6.07 Å². The maximum Gasteiger partial charge on any atom is 0.435 e. The van der Waals surface area contributed by atoms with Crippen molar-refractivity contribution in [1.82, 2.24) is 14.8 Å². The Hall–Kier alpha value is -3.37.